The molecule has 0 saturated heterocycles. The average molecular weight is 267 g/mol. The number of carbonyl (C=O) groups is 2. The maximum Gasteiger partial charge on any atom is 0.305 e. The van der Waals surface area contributed by atoms with E-state index >= 15 is 0 Å². The number of aromatic hydroxyl groups is 1. The van der Waals surface area contributed by atoms with E-state index in [1.54, 1.807) is 13.0 Å². The van der Waals surface area contributed by atoms with Crippen LogP contribution in [-0.2, 0) is 4.79 Å². The zero-order chi connectivity index (χ0) is 14.4. The Hall–Kier alpha value is -2.24. The summed E-state index contributed by atoms with van der Waals surface area (Å²) in [5.41, 5.74) is 0.103. The molecule has 0 radical (unpaired) electrons. The second kappa shape index (κ2) is 6.63. The molecule has 1 aromatic rings. The van der Waals surface area contributed by atoms with E-state index in [1.165, 1.54) is 24.1 Å². The van der Waals surface area contributed by atoms with Crippen molar-refractivity contribution in [1.82, 2.24) is 4.90 Å². The van der Waals surface area contributed by atoms with E-state index in [-0.39, 0.29) is 24.3 Å². The molecule has 0 aliphatic rings. The summed E-state index contributed by atoms with van der Waals surface area (Å²) < 4.78 is 5.00. The van der Waals surface area contributed by atoms with E-state index in [1.807, 2.05) is 0 Å². The Morgan fingerprint density at radius 1 is 1.37 bits per heavy atom. The van der Waals surface area contributed by atoms with Crippen LogP contribution in [0.2, 0.25) is 0 Å². The molecular formula is C13H17NO5. The number of nitrogens with zero attached hydrogens (tertiary/aromatic N) is 1. The molecule has 0 saturated carbocycles. The minimum Gasteiger partial charge on any atom is -0.507 e. The van der Waals surface area contributed by atoms with Gasteiger partial charge in [0, 0.05) is 13.1 Å². The number of phenols is 1. The summed E-state index contributed by atoms with van der Waals surface area (Å²) in [4.78, 5) is 24.1. The molecule has 0 atom stereocenters. The summed E-state index contributed by atoms with van der Waals surface area (Å²) in [5, 5.41) is 18.3. The van der Waals surface area contributed by atoms with Crippen LogP contribution in [0.15, 0.2) is 18.2 Å². The first kappa shape index (κ1) is 14.8. The minimum atomic E-state index is -0.971. The number of amides is 1. The van der Waals surface area contributed by atoms with E-state index in [2.05, 4.69) is 0 Å². The molecule has 0 spiro atoms. The lowest BCUT2D eigenvalue weighted by molar-refractivity contribution is -0.137. The van der Waals surface area contributed by atoms with Crippen LogP contribution in [0.3, 0.4) is 0 Å². The molecule has 0 aliphatic carbocycles. The Morgan fingerprint density at radius 2 is 2.05 bits per heavy atom. The summed E-state index contributed by atoms with van der Waals surface area (Å²) in [6, 6.07) is 4.35. The quantitative estimate of drug-likeness (QED) is 0.812. The van der Waals surface area contributed by atoms with Crippen molar-refractivity contribution in [3.05, 3.63) is 23.8 Å². The summed E-state index contributed by atoms with van der Waals surface area (Å²) in [5.74, 6) is -1.09. The molecule has 1 rings (SSSR count). The molecule has 0 bridgehead atoms. The Bertz CT molecular complexity index is 472. The Labute approximate surface area is 111 Å². The first-order valence-corrected chi connectivity index (χ1v) is 5.87. The molecule has 0 aromatic heterocycles. The predicted molar refractivity (Wildman–Crippen MR) is 68.5 cm³/mol. The third-order valence-corrected chi connectivity index (χ3v) is 2.70. The maximum absolute atomic E-state index is 12.2. The first-order valence-electron chi connectivity index (χ1n) is 5.87. The number of aliphatic carboxylic acids is 1. The number of carboxylic acid groups (broad SMARTS) is 1. The number of methoxy groups -OCH3 is 1. The van der Waals surface area contributed by atoms with Crippen LogP contribution < -0.4 is 4.74 Å². The zero-order valence-electron chi connectivity index (χ0n) is 10.9. The lowest BCUT2D eigenvalue weighted by atomic mass is 10.1. The highest BCUT2D eigenvalue weighted by Gasteiger charge is 2.19. The zero-order valence-corrected chi connectivity index (χ0v) is 10.9. The molecule has 1 aromatic carbocycles. The van der Waals surface area contributed by atoms with Gasteiger partial charge in [-0.05, 0) is 25.1 Å². The fourth-order valence-corrected chi connectivity index (χ4v) is 1.62. The van der Waals surface area contributed by atoms with Gasteiger partial charge in [0.2, 0.25) is 0 Å². The fraction of sp³-hybridized carbons (Fsp3) is 0.385. The van der Waals surface area contributed by atoms with Gasteiger partial charge in [0.15, 0.2) is 0 Å². The van der Waals surface area contributed by atoms with Crippen molar-refractivity contribution < 1.29 is 24.5 Å². The van der Waals surface area contributed by atoms with E-state index in [0.29, 0.717) is 12.3 Å². The molecule has 0 aliphatic heterocycles. The number of phenolic OH excluding ortho intramolecular Hbond substituents is 1. The van der Waals surface area contributed by atoms with Crippen molar-refractivity contribution in [2.45, 2.75) is 13.3 Å². The highest BCUT2D eigenvalue weighted by Crippen LogP contribution is 2.24. The van der Waals surface area contributed by atoms with Crippen LogP contribution in [0.25, 0.3) is 0 Å². The molecule has 104 valence electrons. The lowest BCUT2D eigenvalue weighted by Gasteiger charge is -2.20. The topological polar surface area (TPSA) is 87.1 Å². The van der Waals surface area contributed by atoms with Gasteiger partial charge in [0.25, 0.3) is 5.91 Å². The monoisotopic (exact) mass is 267 g/mol. The van der Waals surface area contributed by atoms with Crippen molar-refractivity contribution in [2.24, 2.45) is 0 Å². The second-order valence-electron chi connectivity index (χ2n) is 3.91. The van der Waals surface area contributed by atoms with E-state index < -0.39 is 11.9 Å². The van der Waals surface area contributed by atoms with Crippen LogP contribution in [0.4, 0.5) is 0 Å². The van der Waals surface area contributed by atoms with Gasteiger partial charge >= 0.3 is 5.97 Å². The van der Waals surface area contributed by atoms with Crippen LogP contribution in [-0.4, -0.2) is 47.2 Å². The van der Waals surface area contributed by atoms with Crippen molar-refractivity contribution in [1.29, 1.82) is 0 Å². The summed E-state index contributed by atoms with van der Waals surface area (Å²) in [7, 11) is 1.46. The molecule has 19 heavy (non-hydrogen) atoms. The predicted octanol–water partition coefficient (Wildman–Crippen LogP) is 1.34. The van der Waals surface area contributed by atoms with Gasteiger partial charge in [0.05, 0.1) is 19.1 Å². The SMILES string of the molecule is CCN(CCC(=O)O)C(=O)c1cc(OC)ccc1O. The van der Waals surface area contributed by atoms with Gasteiger partial charge in [0.1, 0.15) is 11.5 Å². The highest BCUT2D eigenvalue weighted by atomic mass is 16.5. The van der Waals surface area contributed by atoms with Gasteiger partial charge in [-0.2, -0.15) is 0 Å². The third-order valence-electron chi connectivity index (χ3n) is 2.70. The third kappa shape index (κ3) is 3.87. The summed E-state index contributed by atoms with van der Waals surface area (Å²) >= 11 is 0. The van der Waals surface area contributed by atoms with E-state index in [0.717, 1.165) is 0 Å². The molecule has 6 heteroatoms. The number of carboxylic acids is 1. The Kier molecular flexibility index (Phi) is 5.17. The normalized spacial score (nSPS) is 10.0. The first-order chi connectivity index (χ1) is 8.99. The number of hydrogen-bond acceptors (Lipinski definition) is 4. The number of carbonyl (C=O) groups excluding carboxylic acids is 1. The van der Waals surface area contributed by atoms with Crippen molar-refractivity contribution >= 4 is 11.9 Å². The van der Waals surface area contributed by atoms with Crippen molar-refractivity contribution in [3.63, 3.8) is 0 Å². The van der Waals surface area contributed by atoms with Crippen LogP contribution in [0.5, 0.6) is 11.5 Å². The van der Waals surface area contributed by atoms with Gasteiger partial charge in [-0.1, -0.05) is 0 Å². The number of benzene rings is 1. The number of hydrogen-bond donors (Lipinski definition) is 2. The standard InChI is InChI=1S/C13H17NO5/c1-3-14(7-6-12(16)17)13(18)10-8-9(19-2)4-5-11(10)15/h4-5,8,15H,3,6-7H2,1-2H3,(H,16,17). The van der Waals surface area contributed by atoms with E-state index in [4.69, 9.17) is 9.84 Å². The fourth-order valence-electron chi connectivity index (χ4n) is 1.62. The van der Waals surface area contributed by atoms with Crippen LogP contribution in [0, 0.1) is 0 Å². The largest absolute Gasteiger partial charge is 0.507 e. The Balaban J connectivity index is 2.93. The summed E-state index contributed by atoms with van der Waals surface area (Å²) in [6.07, 6.45) is -0.135. The minimum absolute atomic E-state index is 0.0985. The molecule has 0 fully saturated rings. The highest BCUT2D eigenvalue weighted by molar-refractivity contribution is 5.97. The van der Waals surface area contributed by atoms with Crippen LogP contribution in [0.1, 0.15) is 23.7 Å². The molecular weight excluding hydrogens is 250 g/mol. The molecule has 1 amide bonds. The van der Waals surface area contributed by atoms with Crippen LogP contribution >= 0.6 is 0 Å². The van der Waals surface area contributed by atoms with Gasteiger partial charge < -0.3 is 19.8 Å². The average Bonchev–Trinajstić information content (AvgIpc) is 2.39. The van der Waals surface area contributed by atoms with Gasteiger partial charge in [-0.25, -0.2) is 0 Å². The summed E-state index contributed by atoms with van der Waals surface area (Å²) in [6.45, 7) is 2.21. The van der Waals surface area contributed by atoms with Crippen molar-refractivity contribution in [3.8, 4) is 11.5 Å². The van der Waals surface area contributed by atoms with Crippen molar-refractivity contribution in [2.75, 3.05) is 20.2 Å². The smallest absolute Gasteiger partial charge is 0.305 e. The van der Waals surface area contributed by atoms with Gasteiger partial charge in [-0.3, -0.25) is 9.59 Å². The number of rotatable bonds is 6. The van der Waals surface area contributed by atoms with E-state index in [9.17, 15) is 14.7 Å². The molecule has 6 nitrogen and oxygen atoms in total. The molecule has 0 heterocycles. The second-order valence-corrected chi connectivity index (χ2v) is 3.91. The molecule has 0 unspecified atom stereocenters. The molecule has 2 N–H and O–H groups in total. The maximum atomic E-state index is 12.2. The van der Waals surface area contributed by atoms with Gasteiger partial charge in [-0.15, -0.1) is 0 Å². The number of ether oxygens (including phenoxy) is 1. The lowest BCUT2D eigenvalue weighted by Crippen LogP contribution is -2.32. The Morgan fingerprint density at radius 3 is 2.58 bits per heavy atom.